The molecular weight excluding hydrogens is 385 g/mol. The number of amides is 1. The van der Waals surface area contributed by atoms with Crippen molar-refractivity contribution in [3.05, 3.63) is 62.1 Å². The molecular formula is C18H16Cl3NO3. The van der Waals surface area contributed by atoms with Crippen LogP contribution in [0.15, 0.2) is 30.3 Å². The SMILES string of the molecule is Cc1ccc(C(=O)O[C@@H](C)C(=O)Nc2c(Cl)cc(Cl)cc2Cl)cc1C. The molecule has 0 fully saturated rings. The third-order valence-electron chi connectivity index (χ3n) is 3.65. The number of carbonyl (C=O) groups is 2. The Balaban J connectivity index is 2.07. The number of carbonyl (C=O) groups excluding carboxylic acids is 2. The van der Waals surface area contributed by atoms with Gasteiger partial charge in [0.05, 0.1) is 21.3 Å². The Morgan fingerprint density at radius 1 is 1.00 bits per heavy atom. The van der Waals surface area contributed by atoms with Gasteiger partial charge in [-0.05, 0) is 56.2 Å². The van der Waals surface area contributed by atoms with Crippen molar-refractivity contribution >= 4 is 52.4 Å². The van der Waals surface area contributed by atoms with Crippen LogP contribution in [0, 0.1) is 13.8 Å². The largest absolute Gasteiger partial charge is 0.449 e. The van der Waals surface area contributed by atoms with Gasteiger partial charge in [0, 0.05) is 5.02 Å². The third-order valence-corrected chi connectivity index (χ3v) is 4.47. The van der Waals surface area contributed by atoms with E-state index in [0.717, 1.165) is 11.1 Å². The van der Waals surface area contributed by atoms with E-state index < -0.39 is 18.0 Å². The van der Waals surface area contributed by atoms with Crippen molar-refractivity contribution < 1.29 is 14.3 Å². The molecule has 0 radical (unpaired) electrons. The smallest absolute Gasteiger partial charge is 0.338 e. The molecule has 1 N–H and O–H groups in total. The van der Waals surface area contributed by atoms with Crippen LogP contribution in [0.3, 0.4) is 0 Å². The van der Waals surface area contributed by atoms with Gasteiger partial charge in [0.25, 0.3) is 5.91 Å². The van der Waals surface area contributed by atoms with Gasteiger partial charge in [-0.25, -0.2) is 4.79 Å². The molecule has 1 amide bonds. The zero-order chi connectivity index (χ0) is 18.7. The monoisotopic (exact) mass is 399 g/mol. The Hall–Kier alpha value is -1.75. The summed E-state index contributed by atoms with van der Waals surface area (Å²) in [7, 11) is 0. The molecule has 4 nitrogen and oxygen atoms in total. The summed E-state index contributed by atoms with van der Waals surface area (Å²) in [6.45, 7) is 5.30. The van der Waals surface area contributed by atoms with Crippen molar-refractivity contribution in [1.82, 2.24) is 0 Å². The summed E-state index contributed by atoms with van der Waals surface area (Å²) in [5.74, 6) is -1.14. The van der Waals surface area contributed by atoms with Gasteiger partial charge in [0.15, 0.2) is 6.10 Å². The number of aryl methyl sites for hydroxylation is 2. The summed E-state index contributed by atoms with van der Waals surface area (Å²) in [4.78, 5) is 24.4. The van der Waals surface area contributed by atoms with Gasteiger partial charge in [-0.15, -0.1) is 0 Å². The fraction of sp³-hybridized carbons (Fsp3) is 0.222. The Kier molecular flexibility index (Phi) is 6.33. The van der Waals surface area contributed by atoms with Gasteiger partial charge in [0.1, 0.15) is 0 Å². The molecule has 0 aliphatic rings. The van der Waals surface area contributed by atoms with Crippen LogP contribution >= 0.6 is 34.8 Å². The number of ether oxygens (including phenoxy) is 1. The lowest BCUT2D eigenvalue weighted by Gasteiger charge is -2.15. The molecule has 0 saturated heterocycles. The minimum Gasteiger partial charge on any atom is -0.449 e. The quantitative estimate of drug-likeness (QED) is 0.694. The molecule has 2 aromatic rings. The molecule has 0 heterocycles. The maximum absolute atomic E-state index is 12.3. The summed E-state index contributed by atoms with van der Waals surface area (Å²) in [5, 5.41) is 3.28. The average molecular weight is 401 g/mol. The van der Waals surface area contributed by atoms with Gasteiger partial charge in [-0.2, -0.15) is 0 Å². The van der Waals surface area contributed by atoms with Crippen molar-refractivity contribution in [2.75, 3.05) is 5.32 Å². The maximum Gasteiger partial charge on any atom is 0.338 e. The Morgan fingerprint density at radius 2 is 1.60 bits per heavy atom. The summed E-state index contributed by atoms with van der Waals surface area (Å²) in [5.41, 5.74) is 2.62. The molecule has 0 aliphatic carbocycles. The molecule has 2 rings (SSSR count). The number of benzene rings is 2. The molecule has 0 spiro atoms. The Bertz CT molecular complexity index is 813. The molecule has 0 aliphatic heterocycles. The minimum absolute atomic E-state index is 0.193. The van der Waals surface area contributed by atoms with E-state index in [2.05, 4.69) is 5.32 Å². The van der Waals surface area contributed by atoms with Gasteiger partial charge in [-0.1, -0.05) is 40.9 Å². The van der Waals surface area contributed by atoms with E-state index in [1.165, 1.54) is 19.1 Å². The van der Waals surface area contributed by atoms with Crippen LogP contribution in [-0.2, 0) is 9.53 Å². The molecule has 2 aromatic carbocycles. The second-order valence-electron chi connectivity index (χ2n) is 5.58. The number of esters is 1. The van der Waals surface area contributed by atoms with Crippen LogP contribution in [-0.4, -0.2) is 18.0 Å². The van der Waals surface area contributed by atoms with E-state index in [9.17, 15) is 9.59 Å². The number of anilines is 1. The Morgan fingerprint density at radius 3 is 2.16 bits per heavy atom. The van der Waals surface area contributed by atoms with Crippen molar-refractivity contribution in [3.8, 4) is 0 Å². The topological polar surface area (TPSA) is 55.4 Å². The number of hydrogen-bond acceptors (Lipinski definition) is 3. The molecule has 0 bridgehead atoms. The number of hydrogen-bond donors (Lipinski definition) is 1. The van der Waals surface area contributed by atoms with Crippen LogP contribution in [0.5, 0.6) is 0 Å². The molecule has 1 atom stereocenters. The van der Waals surface area contributed by atoms with Crippen LogP contribution in [0.25, 0.3) is 0 Å². The number of nitrogens with one attached hydrogen (secondary N) is 1. The molecule has 132 valence electrons. The maximum atomic E-state index is 12.3. The Labute approximate surface area is 161 Å². The summed E-state index contributed by atoms with van der Waals surface area (Å²) < 4.78 is 5.21. The highest BCUT2D eigenvalue weighted by Crippen LogP contribution is 2.33. The number of halogens is 3. The highest BCUT2D eigenvalue weighted by atomic mass is 35.5. The van der Waals surface area contributed by atoms with E-state index in [1.807, 2.05) is 19.9 Å². The van der Waals surface area contributed by atoms with E-state index in [-0.39, 0.29) is 15.7 Å². The first-order chi connectivity index (χ1) is 11.7. The van der Waals surface area contributed by atoms with E-state index in [4.69, 9.17) is 39.5 Å². The lowest BCUT2D eigenvalue weighted by Crippen LogP contribution is -2.30. The second-order valence-corrected chi connectivity index (χ2v) is 6.83. The molecule has 25 heavy (non-hydrogen) atoms. The van der Waals surface area contributed by atoms with E-state index in [1.54, 1.807) is 12.1 Å². The zero-order valence-corrected chi connectivity index (χ0v) is 16.1. The molecule has 0 saturated carbocycles. The normalized spacial score (nSPS) is 11.8. The first kappa shape index (κ1) is 19.6. The first-order valence-corrected chi connectivity index (χ1v) is 8.56. The standard InChI is InChI=1S/C18H16Cl3NO3/c1-9-4-5-12(6-10(9)2)18(24)25-11(3)17(23)22-16-14(20)7-13(19)8-15(16)21/h4-8,11H,1-3H3,(H,22,23)/t11-/m0/s1. The average Bonchev–Trinajstić information content (AvgIpc) is 2.53. The molecule has 0 aromatic heterocycles. The molecule has 0 unspecified atom stereocenters. The van der Waals surface area contributed by atoms with Crippen LogP contribution in [0.1, 0.15) is 28.4 Å². The zero-order valence-electron chi connectivity index (χ0n) is 13.8. The fourth-order valence-electron chi connectivity index (χ4n) is 2.04. The van der Waals surface area contributed by atoms with Gasteiger partial charge in [-0.3, -0.25) is 4.79 Å². The lowest BCUT2D eigenvalue weighted by atomic mass is 10.1. The third kappa shape index (κ3) is 4.88. The predicted molar refractivity (Wildman–Crippen MR) is 101 cm³/mol. The summed E-state index contributed by atoms with van der Waals surface area (Å²) in [6, 6.07) is 8.11. The first-order valence-electron chi connectivity index (χ1n) is 7.42. The van der Waals surface area contributed by atoms with Crippen molar-refractivity contribution in [1.29, 1.82) is 0 Å². The van der Waals surface area contributed by atoms with E-state index >= 15 is 0 Å². The van der Waals surface area contributed by atoms with Crippen molar-refractivity contribution in [3.63, 3.8) is 0 Å². The van der Waals surface area contributed by atoms with Crippen LogP contribution < -0.4 is 5.32 Å². The number of rotatable bonds is 4. The second kappa shape index (κ2) is 8.09. The van der Waals surface area contributed by atoms with Gasteiger partial charge in [0.2, 0.25) is 0 Å². The molecule has 7 heteroatoms. The summed E-state index contributed by atoms with van der Waals surface area (Å²) >= 11 is 17.9. The summed E-state index contributed by atoms with van der Waals surface area (Å²) in [6.07, 6.45) is -1.03. The van der Waals surface area contributed by atoms with Crippen LogP contribution in [0.4, 0.5) is 5.69 Å². The predicted octanol–water partition coefficient (Wildman–Crippen LogP) is 5.45. The van der Waals surface area contributed by atoms with Crippen molar-refractivity contribution in [2.24, 2.45) is 0 Å². The lowest BCUT2D eigenvalue weighted by molar-refractivity contribution is -0.123. The highest BCUT2D eigenvalue weighted by molar-refractivity contribution is 6.42. The van der Waals surface area contributed by atoms with Crippen LogP contribution in [0.2, 0.25) is 15.1 Å². The fourth-order valence-corrected chi connectivity index (χ4v) is 2.95. The van der Waals surface area contributed by atoms with Crippen molar-refractivity contribution in [2.45, 2.75) is 26.9 Å². The van der Waals surface area contributed by atoms with Gasteiger partial charge < -0.3 is 10.1 Å². The van der Waals surface area contributed by atoms with Gasteiger partial charge >= 0.3 is 5.97 Å². The van der Waals surface area contributed by atoms with E-state index in [0.29, 0.717) is 10.6 Å². The minimum atomic E-state index is -1.03. The highest BCUT2D eigenvalue weighted by Gasteiger charge is 2.21.